The van der Waals surface area contributed by atoms with Crippen LogP contribution in [0, 0.1) is 0 Å². The smallest absolute Gasteiger partial charge is 0.198 e. The SMILES string of the molecule is CC[P+](OC1CCC1)(OC1CCC1)c1ccccc1. The summed E-state index contributed by atoms with van der Waals surface area (Å²) in [6.07, 6.45) is 9.33. The fourth-order valence-electron chi connectivity index (χ4n) is 2.57. The van der Waals surface area contributed by atoms with E-state index in [0.29, 0.717) is 12.2 Å². The summed E-state index contributed by atoms with van der Waals surface area (Å²) in [5.74, 6) is 0. The molecule has 19 heavy (non-hydrogen) atoms. The Morgan fingerprint density at radius 1 is 0.947 bits per heavy atom. The lowest BCUT2D eigenvalue weighted by Gasteiger charge is -2.35. The molecule has 2 fully saturated rings. The van der Waals surface area contributed by atoms with Crippen molar-refractivity contribution in [3.63, 3.8) is 0 Å². The van der Waals surface area contributed by atoms with Gasteiger partial charge in [0.1, 0.15) is 18.4 Å². The Hall–Kier alpha value is -0.430. The second-order valence-corrected chi connectivity index (χ2v) is 8.56. The number of benzene rings is 1. The molecule has 0 spiro atoms. The first-order valence-corrected chi connectivity index (χ1v) is 9.44. The molecule has 0 heterocycles. The van der Waals surface area contributed by atoms with Crippen molar-refractivity contribution in [2.75, 3.05) is 6.16 Å². The zero-order valence-corrected chi connectivity index (χ0v) is 12.6. The van der Waals surface area contributed by atoms with Gasteiger partial charge in [-0.3, -0.25) is 0 Å². The first-order valence-electron chi connectivity index (χ1n) is 7.63. The van der Waals surface area contributed by atoms with E-state index < -0.39 is 7.72 Å². The molecule has 1 aromatic rings. The Kier molecular flexibility index (Phi) is 4.21. The molecule has 0 amide bonds. The summed E-state index contributed by atoms with van der Waals surface area (Å²) in [7, 11) is -1.87. The van der Waals surface area contributed by atoms with Crippen molar-refractivity contribution in [2.24, 2.45) is 0 Å². The fourth-order valence-corrected chi connectivity index (χ4v) is 5.53. The lowest BCUT2D eigenvalue weighted by atomic mass is 9.97. The summed E-state index contributed by atoms with van der Waals surface area (Å²) in [6, 6.07) is 10.7. The lowest BCUT2D eigenvalue weighted by molar-refractivity contribution is 0.0637. The first kappa shape index (κ1) is 13.5. The minimum Gasteiger partial charge on any atom is -0.198 e. The summed E-state index contributed by atoms with van der Waals surface area (Å²) in [6.45, 7) is 2.22. The predicted octanol–water partition coefficient (Wildman–Crippen LogP) is 4.32. The number of hydrogen-bond donors (Lipinski definition) is 0. The molecule has 0 saturated heterocycles. The quantitative estimate of drug-likeness (QED) is 0.722. The standard InChI is InChI=1S/C16H24O2P/c1-2-19(17-14-8-6-9-14,18-15-10-7-11-15)16-12-4-3-5-13-16/h3-5,12-15H,2,6-11H2,1H3/q+1. The zero-order valence-electron chi connectivity index (χ0n) is 11.8. The van der Waals surface area contributed by atoms with Crippen LogP contribution < -0.4 is 5.30 Å². The molecule has 0 aliphatic heterocycles. The third-order valence-corrected chi connectivity index (χ3v) is 7.50. The summed E-state index contributed by atoms with van der Waals surface area (Å²) >= 11 is 0. The average Bonchev–Trinajstić information content (AvgIpc) is 2.37. The minimum atomic E-state index is -1.87. The second kappa shape index (κ2) is 5.91. The molecule has 0 N–H and O–H groups in total. The molecule has 0 radical (unpaired) electrons. The predicted molar refractivity (Wildman–Crippen MR) is 81.0 cm³/mol. The topological polar surface area (TPSA) is 18.5 Å². The van der Waals surface area contributed by atoms with Gasteiger partial charge in [-0.15, -0.1) is 0 Å². The van der Waals surface area contributed by atoms with Gasteiger partial charge in [0.2, 0.25) is 0 Å². The van der Waals surface area contributed by atoms with Crippen LogP contribution in [0.4, 0.5) is 0 Å². The summed E-state index contributed by atoms with van der Waals surface area (Å²) in [5.41, 5.74) is 0. The van der Waals surface area contributed by atoms with Gasteiger partial charge in [0.15, 0.2) is 5.30 Å². The van der Waals surface area contributed by atoms with Crippen LogP contribution in [0.15, 0.2) is 30.3 Å². The highest BCUT2D eigenvalue weighted by Gasteiger charge is 2.49. The van der Waals surface area contributed by atoms with Crippen molar-refractivity contribution >= 4 is 13.0 Å². The van der Waals surface area contributed by atoms with Crippen molar-refractivity contribution in [1.82, 2.24) is 0 Å². The summed E-state index contributed by atoms with van der Waals surface area (Å²) in [4.78, 5) is 0. The van der Waals surface area contributed by atoms with Gasteiger partial charge < -0.3 is 0 Å². The molecule has 2 nitrogen and oxygen atoms in total. The van der Waals surface area contributed by atoms with Gasteiger partial charge in [-0.25, -0.2) is 0 Å². The Morgan fingerprint density at radius 2 is 1.47 bits per heavy atom. The number of hydrogen-bond acceptors (Lipinski definition) is 2. The normalized spacial score (nSPS) is 20.9. The molecule has 0 bridgehead atoms. The molecular formula is C16H24O2P+. The fraction of sp³-hybridized carbons (Fsp3) is 0.625. The monoisotopic (exact) mass is 279 g/mol. The molecule has 0 unspecified atom stereocenters. The van der Waals surface area contributed by atoms with Gasteiger partial charge in [0, 0.05) is 0 Å². The third kappa shape index (κ3) is 2.86. The van der Waals surface area contributed by atoms with Gasteiger partial charge in [-0.1, -0.05) is 18.2 Å². The molecule has 3 heteroatoms. The Morgan fingerprint density at radius 3 is 1.84 bits per heavy atom. The van der Waals surface area contributed by atoms with Gasteiger partial charge in [0.05, 0.1) is 0 Å². The summed E-state index contributed by atoms with van der Waals surface area (Å²) in [5, 5.41) is 1.29. The van der Waals surface area contributed by atoms with E-state index in [0.717, 1.165) is 6.16 Å². The lowest BCUT2D eigenvalue weighted by Crippen LogP contribution is -2.32. The average molecular weight is 279 g/mol. The van der Waals surface area contributed by atoms with E-state index in [1.165, 1.54) is 43.8 Å². The molecule has 0 aromatic heterocycles. The molecule has 104 valence electrons. The van der Waals surface area contributed by atoms with Crippen LogP contribution in [-0.4, -0.2) is 18.4 Å². The maximum absolute atomic E-state index is 6.50. The largest absolute Gasteiger partial charge is 0.307 e. The van der Waals surface area contributed by atoms with Crippen molar-refractivity contribution in [2.45, 2.75) is 57.7 Å². The van der Waals surface area contributed by atoms with E-state index in [1.54, 1.807) is 0 Å². The van der Waals surface area contributed by atoms with Gasteiger partial charge in [-0.05, 0) is 57.6 Å². The van der Waals surface area contributed by atoms with Crippen LogP contribution in [0.3, 0.4) is 0 Å². The first-order chi connectivity index (χ1) is 9.32. The van der Waals surface area contributed by atoms with Crippen molar-refractivity contribution < 1.29 is 9.05 Å². The van der Waals surface area contributed by atoms with Crippen LogP contribution in [0.2, 0.25) is 0 Å². The number of rotatable bonds is 6. The van der Waals surface area contributed by atoms with E-state index in [-0.39, 0.29) is 0 Å². The molecule has 0 atom stereocenters. The Labute approximate surface area is 117 Å². The van der Waals surface area contributed by atoms with Crippen molar-refractivity contribution in [1.29, 1.82) is 0 Å². The molecule has 3 rings (SSSR count). The third-order valence-electron chi connectivity index (χ3n) is 4.31. The maximum Gasteiger partial charge on any atom is 0.307 e. The molecule has 2 aliphatic carbocycles. The van der Waals surface area contributed by atoms with Gasteiger partial charge >= 0.3 is 7.72 Å². The van der Waals surface area contributed by atoms with E-state index in [9.17, 15) is 0 Å². The molecular weight excluding hydrogens is 255 g/mol. The van der Waals surface area contributed by atoms with Crippen LogP contribution in [0.25, 0.3) is 0 Å². The van der Waals surface area contributed by atoms with E-state index >= 15 is 0 Å². The van der Waals surface area contributed by atoms with Gasteiger partial charge in [-0.2, -0.15) is 9.05 Å². The highest BCUT2D eigenvalue weighted by molar-refractivity contribution is 7.74. The van der Waals surface area contributed by atoms with E-state index in [2.05, 4.69) is 37.3 Å². The van der Waals surface area contributed by atoms with Crippen LogP contribution in [0.5, 0.6) is 0 Å². The van der Waals surface area contributed by atoms with E-state index in [4.69, 9.17) is 9.05 Å². The maximum atomic E-state index is 6.50. The van der Waals surface area contributed by atoms with E-state index in [1.807, 2.05) is 0 Å². The van der Waals surface area contributed by atoms with Crippen LogP contribution in [0.1, 0.15) is 45.4 Å². The Bertz CT molecular complexity index is 382. The Balaban J connectivity index is 1.82. The molecule has 1 aromatic carbocycles. The molecule has 2 saturated carbocycles. The molecule has 2 aliphatic rings. The summed E-state index contributed by atoms with van der Waals surface area (Å²) < 4.78 is 13.0. The van der Waals surface area contributed by atoms with Crippen molar-refractivity contribution in [3.05, 3.63) is 30.3 Å². The van der Waals surface area contributed by atoms with Gasteiger partial charge in [0.25, 0.3) is 0 Å². The van der Waals surface area contributed by atoms with Crippen molar-refractivity contribution in [3.8, 4) is 0 Å². The van der Waals surface area contributed by atoms with Crippen LogP contribution >= 0.6 is 7.72 Å². The van der Waals surface area contributed by atoms with Crippen LogP contribution in [-0.2, 0) is 9.05 Å². The highest BCUT2D eigenvalue weighted by Crippen LogP contribution is 2.63. The minimum absolute atomic E-state index is 0.438. The second-order valence-electron chi connectivity index (χ2n) is 5.64. The zero-order chi connectivity index (χ0) is 13.1. The highest BCUT2D eigenvalue weighted by atomic mass is 31.2.